The van der Waals surface area contributed by atoms with E-state index in [2.05, 4.69) is 11.9 Å². The summed E-state index contributed by atoms with van der Waals surface area (Å²) < 4.78 is 0. The second kappa shape index (κ2) is 4.54. The average Bonchev–Trinajstić information content (AvgIpc) is 2.47. The molecule has 0 atom stereocenters. The second-order valence-electron chi connectivity index (χ2n) is 2.81. The summed E-state index contributed by atoms with van der Waals surface area (Å²) in [6.07, 6.45) is 2.04. The number of rotatable bonds is 4. The van der Waals surface area contributed by atoms with Crippen molar-refractivity contribution < 1.29 is 0 Å². The minimum absolute atomic E-state index is 0.898. The Balaban J connectivity index is 2.50. The summed E-state index contributed by atoms with van der Waals surface area (Å²) in [5, 5.41) is 1.71. The van der Waals surface area contributed by atoms with Crippen molar-refractivity contribution in [3.63, 3.8) is 0 Å². The highest BCUT2D eigenvalue weighted by atomic mass is 32.1. The minimum Gasteiger partial charge on any atom is -0.269 e. The fourth-order valence-corrected chi connectivity index (χ4v) is 1.91. The van der Waals surface area contributed by atoms with Gasteiger partial charge in [-0.1, -0.05) is 6.92 Å². The van der Waals surface area contributed by atoms with Crippen molar-refractivity contribution in [2.24, 2.45) is 5.84 Å². The van der Waals surface area contributed by atoms with Crippen molar-refractivity contribution in [1.82, 2.24) is 9.99 Å². The molecule has 1 rings (SSSR count). The Morgan fingerprint density at radius 3 is 3.00 bits per heavy atom. The molecular formula is C8H15N3S. The van der Waals surface area contributed by atoms with Crippen LogP contribution in [-0.2, 0) is 12.8 Å². The number of hydrazine groups is 1. The predicted octanol–water partition coefficient (Wildman–Crippen LogP) is 1.05. The molecule has 0 unspecified atom stereocenters. The van der Waals surface area contributed by atoms with Gasteiger partial charge in [-0.25, -0.2) is 9.99 Å². The van der Waals surface area contributed by atoms with Gasteiger partial charge >= 0.3 is 0 Å². The molecule has 0 saturated carbocycles. The van der Waals surface area contributed by atoms with E-state index in [-0.39, 0.29) is 0 Å². The molecular weight excluding hydrogens is 170 g/mol. The Morgan fingerprint density at radius 2 is 2.42 bits per heavy atom. The zero-order valence-electron chi connectivity index (χ0n) is 7.58. The molecule has 0 bridgehead atoms. The first-order chi connectivity index (χ1) is 5.74. The van der Waals surface area contributed by atoms with Gasteiger partial charge in [0.25, 0.3) is 0 Å². The summed E-state index contributed by atoms with van der Waals surface area (Å²) in [6, 6.07) is 0. The van der Waals surface area contributed by atoms with E-state index in [0.717, 1.165) is 19.4 Å². The molecule has 0 aliphatic rings. The quantitative estimate of drug-likeness (QED) is 0.563. The van der Waals surface area contributed by atoms with Crippen molar-refractivity contribution in [2.75, 3.05) is 13.6 Å². The molecule has 0 spiro atoms. The van der Waals surface area contributed by atoms with E-state index in [9.17, 15) is 0 Å². The normalized spacial score (nSPS) is 11.0. The van der Waals surface area contributed by atoms with Gasteiger partial charge in [-0.15, -0.1) is 11.3 Å². The van der Waals surface area contributed by atoms with Gasteiger partial charge in [0.1, 0.15) is 0 Å². The number of nitrogens with two attached hydrogens (primary N) is 1. The molecule has 12 heavy (non-hydrogen) atoms. The summed E-state index contributed by atoms with van der Waals surface area (Å²) in [6.45, 7) is 3.03. The topological polar surface area (TPSA) is 42.2 Å². The Kier molecular flexibility index (Phi) is 3.65. The van der Waals surface area contributed by atoms with E-state index in [1.54, 1.807) is 16.3 Å². The molecule has 1 aromatic heterocycles. The third kappa shape index (κ3) is 2.55. The number of aryl methyl sites for hydroxylation is 1. The Morgan fingerprint density at radius 1 is 1.67 bits per heavy atom. The van der Waals surface area contributed by atoms with Gasteiger partial charge in [-0.3, -0.25) is 5.84 Å². The van der Waals surface area contributed by atoms with Crippen LogP contribution in [-0.4, -0.2) is 23.6 Å². The second-order valence-corrected chi connectivity index (χ2v) is 3.75. The number of thiazole rings is 1. The molecule has 0 fully saturated rings. The van der Waals surface area contributed by atoms with Crippen molar-refractivity contribution in [2.45, 2.75) is 19.8 Å². The number of likely N-dealkylation sites (N-methyl/N-ethyl adjacent to an activating group) is 1. The maximum absolute atomic E-state index is 5.52. The molecule has 68 valence electrons. The summed E-state index contributed by atoms with van der Waals surface area (Å²) >= 11 is 1.72. The number of hydrogen-bond donors (Lipinski definition) is 1. The molecule has 3 nitrogen and oxygen atoms in total. The summed E-state index contributed by atoms with van der Waals surface area (Å²) in [5.41, 5.74) is 3.13. The molecule has 0 radical (unpaired) electrons. The Bertz CT molecular complexity index is 232. The third-order valence-corrected chi connectivity index (χ3v) is 2.69. The first kappa shape index (κ1) is 9.64. The Labute approximate surface area is 77.2 Å². The lowest BCUT2D eigenvalue weighted by Crippen LogP contribution is -2.28. The zero-order valence-corrected chi connectivity index (χ0v) is 8.40. The maximum atomic E-state index is 5.52. The summed E-state index contributed by atoms with van der Waals surface area (Å²) in [7, 11) is 1.88. The molecule has 4 heteroatoms. The van der Waals surface area contributed by atoms with Gasteiger partial charge in [0.05, 0.1) is 11.2 Å². The van der Waals surface area contributed by atoms with Crippen LogP contribution in [0.4, 0.5) is 0 Å². The van der Waals surface area contributed by atoms with Gasteiger partial charge in [-0.2, -0.15) is 0 Å². The van der Waals surface area contributed by atoms with Gasteiger partial charge in [-0.05, 0) is 12.8 Å². The van der Waals surface area contributed by atoms with Crippen LogP contribution in [0.3, 0.4) is 0 Å². The van der Waals surface area contributed by atoms with E-state index in [1.807, 2.05) is 12.6 Å². The standard InChI is InChI=1S/C8H15N3S/c1-3-7-8(12-6-10-7)4-5-11(2)9/h6H,3-5,9H2,1-2H3. The molecule has 0 amide bonds. The first-order valence-electron chi connectivity index (χ1n) is 4.11. The van der Waals surface area contributed by atoms with E-state index in [1.165, 1.54) is 10.6 Å². The van der Waals surface area contributed by atoms with E-state index < -0.39 is 0 Å². The summed E-state index contributed by atoms with van der Waals surface area (Å²) in [5.74, 6) is 5.52. The van der Waals surface area contributed by atoms with Crippen LogP contribution in [0.5, 0.6) is 0 Å². The minimum atomic E-state index is 0.898. The lowest BCUT2D eigenvalue weighted by Gasteiger charge is -2.07. The van der Waals surface area contributed by atoms with E-state index >= 15 is 0 Å². The Hall–Kier alpha value is -0.450. The number of hydrogen-bond acceptors (Lipinski definition) is 4. The van der Waals surface area contributed by atoms with Crippen LogP contribution in [0.2, 0.25) is 0 Å². The van der Waals surface area contributed by atoms with Gasteiger partial charge in [0.15, 0.2) is 0 Å². The van der Waals surface area contributed by atoms with Crippen molar-refractivity contribution >= 4 is 11.3 Å². The van der Waals surface area contributed by atoms with Crippen LogP contribution in [0.15, 0.2) is 5.51 Å². The highest BCUT2D eigenvalue weighted by Crippen LogP contribution is 2.14. The number of nitrogens with zero attached hydrogens (tertiary/aromatic N) is 2. The first-order valence-corrected chi connectivity index (χ1v) is 4.99. The lowest BCUT2D eigenvalue weighted by molar-refractivity contribution is 0.354. The van der Waals surface area contributed by atoms with Gasteiger partial charge in [0, 0.05) is 18.5 Å². The third-order valence-electron chi connectivity index (χ3n) is 1.75. The highest BCUT2D eigenvalue weighted by molar-refractivity contribution is 7.09. The number of aromatic nitrogens is 1. The molecule has 1 heterocycles. The van der Waals surface area contributed by atoms with Crippen LogP contribution < -0.4 is 5.84 Å². The fraction of sp³-hybridized carbons (Fsp3) is 0.625. The van der Waals surface area contributed by atoms with E-state index in [0.29, 0.717) is 0 Å². The van der Waals surface area contributed by atoms with Crippen LogP contribution in [0.25, 0.3) is 0 Å². The van der Waals surface area contributed by atoms with Crippen molar-refractivity contribution in [3.05, 3.63) is 16.1 Å². The molecule has 2 N–H and O–H groups in total. The lowest BCUT2D eigenvalue weighted by atomic mass is 10.2. The molecule has 0 aliphatic carbocycles. The SMILES string of the molecule is CCc1ncsc1CCN(C)N. The van der Waals surface area contributed by atoms with Crippen molar-refractivity contribution in [1.29, 1.82) is 0 Å². The largest absolute Gasteiger partial charge is 0.269 e. The smallest absolute Gasteiger partial charge is 0.0797 e. The van der Waals surface area contributed by atoms with Gasteiger partial charge in [0.2, 0.25) is 0 Å². The van der Waals surface area contributed by atoms with Crippen LogP contribution >= 0.6 is 11.3 Å². The van der Waals surface area contributed by atoms with Crippen LogP contribution in [0.1, 0.15) is 17.5 Å². The van der Waals surface area contributed by atoms with Gasteiger partial charge < -0.3 is 0 Å². The molecule has 0 saturated heterocycles. The van der Waals surface area contributed by atoms with Crippen molar-refractivity contribution in [3.8, 4) is 0 Å². The monoisotopic (exact) mass is 185 g/mol. The zero-order chi connectivity index (χ0) is 8.97. The maximum Gasteiger partial charge on any atom is 0.0797 e. The summed E-state index contributed by atoms with van der Waals surface area (Å²) in [4.78, 5) is 5.64. The fourth-order valence-electron chi connectivity index (χ4n) is 1.06. The van der Waals surface area contributed by atoms with E-state index in [4.69, 9.17) is 5.84 Å². The molecule has 0 aromatic carbocycles. The average molecular weight is 185 g/mol. The molecule has 0 aliphatic heterocycles. The predicted molar refractivity (Wildman–Crippen MR) is 52.0 cm³/mol. The van der Waals surface area contributed by atoms with Crippen LogP contribution in [0, 0.1) is 0 Å². The molecule has 1 aromatic rings. The highest BCUT2D eigenvalue weighted by Gasteiger charge is 2.03.